The van der Waals surface area contributed by atoms with Crippen LogP contribution in [0.1, 0.15) is 52.5 Å². The highest BCUT2D eigenvalue weighted by molar-refractivity contribution is 5.76. The third kappa shape index (κ3) is 5.42. The zero-order valence-electron chi connectivity index (χ0n) is 12.1. The maximum Gasteiger partial charge on any atom is 0.222 e. The van der Waals surface area contributed by atoms with Crippen molar-refractivity contribution < 1.29 is 9.90 Å². The molecular weight excluding hydrogens is 242 g/mol. The molecule has 108 valence electrons. The molecular formula is C14H25N3O2. The number of carbonyl (C=O) groups is 1. The summed E-state index contributed by atoms with van der Waals surface area (Å²) in [4.78, 5) is 16.0. The van der Waals surface area contributed by atoms with Crippen LogP contribution >= 0.6 is 0 Å². The van der Waals surface area contributed by atoms with Gasteiger partial charge in [-0.25, -0.2) is 4.98 Å². The average Bonchev–Trinajstić information content (AvgIpc) is 2.90. The van der Waals surface area contributed by atoms with E-state index >= 15 is 0 Å². The van der Waals surface area contributed by atoms with Crippen molar-refractivity contribution in [3.63, 3.8) is 0 Å². The molecule has 1 heterocycles. The van der Waals surface area contributed by atoms with Crippen LogP contribution in [-0.4, -0.2) is 32.7 Å². The predicted octanol–water partition coefficient (Wildman–Crippen LogP) is 1.89. The number of amides is 1. The van der Waals surface area contributed by atoms with Crippen LogP contribution in [0.2, 0.25) is 0 Å². The number of hydrogen-bond acceptors (Lipinski definition) is 3. The van der Waals surface area contributed by atoms with Crippen molar-refractivity contribution in [3.05, 3.63) is 18.7 Å². The van der Waals surface area contributed by atoms with Crippen LogP contribution in [-0.2, 0) is 4.79 Å². The summed E-state index contributed by atoms with van der Waals surface area (Å²) >= 11 is 0. The molecule has 0 aromatic carbocycles. The van der Waals surface area contributed by atoms with Crippen LogP contribution < -0.4 is 5.32 Å². The first kappa shape index (κ1) is 15.7. The first-order valence-electron chi connectivity index (χ1n) is 6.95. The highest BCUT2D eigenvalue weighted by Crippen LogP contribution is 2.17. The minimum atomic E-state index is -0.828. The normalized spacial score (nSPS) is 15.8. The van der Waals surface area contributed by atoms with E-state index in [9.17, 15) is 9.90 Å². The lowest BCUT2D eigenvalue weighted by Crippen LogP contribution is -2.40. The van der Waals surface area contributed by atoms with Crippen molar-refractivity contribution in [1.82, 2.24) is 14.9 Å². The molecule has 1 amide bonds. The van der Waals surface area contributed by atoms with Crippen molar-refractivity contribution in [2.45, 2.75) is 58.1 Å². The van der Waals surface area contributed by atoms with Gasteiger partial charge in [0.15, 0.2) is 0 Å². The molecule has 0 aliphatic carbocycles. The van der Waals surface area contributed by atoms with E-state index in [1.54, 1.807) is 19.4 Å². The Bertz CT molecular complexity index is 374. The van der Waals surface area contributed by atoms with Gasteiger partial charge in [0, 0.05) is 31.4 Å². The van der Waals surface area contributed by atoms with E-state index in [4.69, 9.17) is 0 Å². The molecule has 5 heteroatoms. The van der Waals surface area contributed by atoms with Gasteiger partial charge in [-0.3, -0.25) is 4.79 Å². The van der Waals surface area contributed by atoms with Crippen LogP contribution in [0.4, 0.5) is 0 Å². The van der Waals surface area contributed by atoms with E-state index in [1.165, 1.54) is 0 Å². The summed E-state index contributed by atoms with van der Waals surface area (Å²) < 4.78 is 1.97. The predicted molar refractivity (Wildman–Crippen MR) is 74.7 cm³/mol. The molecule has 0 radical (unpaired) electrons. The number of nitrogens with zero attached hydrogens (tertiary/aromatic N) is 2. The zero-order chi connectivity index (χ0) is 14.3. The van der Waals surface area contributed by atoms with Crippen LogP contribution in [0.25, 0.3) is 0 Å². The van der Waals surface area contributed by atoms with E-state index in [1.807, 2.05) is 17.7 Å². The Kier molecular flexibility index (Phi) is 6.02. The highest BCUT2D eigenvalue weighted by atomic mass is 16.3. The Morgan fingerprint density at radius 2 is 2.26 bits per heavy atom. The van der Waals surface area contributed by atoms with Gasteiger partial charge in [0.2, 0.25) is 5.91 Å². The highest BCUT2D eigenvalue weighted by Gasteiger charge is 2.20. The maximum absolute atomic E-state index is 11.9. The molecule has 1 aromatic rings. The second-order valence-electron chi connectivity index (χ2n) is 5.28. The summed E-state index contributed by atoms with van der Waals surface area (Å²) in [5.74, 6) is -0.0270. The van der Waals surface area contributed by atoms with E-state index in [0.29, 0.717) is 19.4 Å². The van der Waals surface area contributed by atoms with Gasteiger partial charge in [-0.15, -0.1) is 0 Å². The molecule has 0 fully saturated rings. The lowest BCUT2D eigenvalue weighted by molar-refractivity contribution is -0.123. The molecule has 0 bridgehead atoms. The molecule has 2 unspecified atom stereocenters. The first-order valence-corrected chi connectivity index (χ1v) is 6.95. The zero-order valence-corrected chi connectivity index (χ0v) is 12.1. The minimum absolute atomic E-state index is 0.0270. The Balaban J connectivity index is 2.48. The molecule has 0 aliphatic rings. The Hall–Kier alpha value is -1.36. The molecule has 5 nitrogen and oxygen atoms in total. The molecule has 2 atom stereocenters. The lowest BCUT2D eigenvalue weighted by atomic mass is 10.0. The lowest BCUT2D eigenvalue weighted by Gasteiger charge is -2.23. The SMILES string of the molecule is CCCC(CC(=O)NCC(C)(O)CC)n1ccnc1. The summed E-state index contributed by atoms with van der Waals surface area (Å²) in [6.07, 6.45) is 8.35. The number of aliphatic hydroxyl groups is 1. The van der Waals surface area contributed by atoms with Gasteiger partial charge in [-0.2, -0.15) is 0 Å². The number of imidazole rings is 1. The molecule has 0 aliphatic heterocycles. The number of hydrogen-bond donors (Lipinski definition) is 2. The van der Waals surface area contributed by atoms with Crippen molar-refractivity contribution in [2.75, 3.05) is 6.54 Å². The van der Waals surface area contributed by atoms with Crippen molar-refractivity contribution in [3.8, 4) is 0 Å². The van der Waals surface area contributed by atoms with Gasteiger partial charge in [0.1, 0.15) is 0 Å². The quantitative estimate of drug-likeness (QED) is 0.756. The van der Waals surface area contributed by atoms with Crippen LogP contribution in [0.3, 0.4) is 0 Å². The fourth-order valence-corrected chi connectivity index (χ4v) is 1.88. The van der Waals surface area contributed by atoms with Crippen LogP contribution in [0.5, 0.6) is 0 Å². The molecule has 2 N–H and O–H groups in total. The first-order chi connectivity index (χ1) is 8.98. The van der Waals surface area contributed by atoms with E-state index < -0.39 is 5.60 Å². The van der Waals surface area contributed by atoms with Gasteiger partial charge >= 0.3 is 0 Å². The monoisotopic (exact) mass is 267 g/mol. The van der Waals surface area contributed by atoms with Gasteiger partial charge < -0.3 is 15.0 Å². The fourth-order valence-electron chi connectivity index (χ4n) is 1.88. The van der Waals surface area contributed by atoms with Crippen molar-refractivity contribution in [1.29, 1.82) is 0 Å². The number of rotatable bonds is 8. The molecule has 0 saturated carbocycles. The van der Waals surface area contributed by atoms with Gasteiger partial charge in [-0.05, 0) is 19.8 Å². The third-order valence-corrected chi connectivity index (χ3v) is 3.42. The second kappa shape index (κ2) is 7.28. The summed E-state index contributed by atoms with van der Waals surface area (Å²) in [6.45, 7) is 6.03. The van der Waals surface area contributed by atoms with Gasteiger partial charge in [-0.1, -0.05) is 20.3 Å². The van der Waals surface area contributed by atoms with E-state index in [0.717, 1.165) is 12.8 Å². The van der Waals surface area contributed by atoms with Crippen molar-refractivity contribution in [2.24, 2.45) is 0 Å². The van der Waals surface area contributed by atoms with Gasteiger partial charge in [0.25, 0.3) is 0 Å². The fraction of sp³-hybridized carbons (Fsp3) is 0.714. The minimum Gasteiger partial charge on any atom is -0.388 e. The number of nitrogens with one attached hydrogen (secondary N) is 1. The van der Waals surface area contributed by atoms with Crippen molar-refractivity contribution >= 4 is 5.91 Å². The summed E-state index contributed by atoms with van der Waals surface area (Å²) in [7, 11) is 0. The molecule has 0 saturated heterocycles. The molecule has 0 spiro atoms. The smallest absolute Gasteiger partial charge is 0.222 e. The summed E-state index contributed by atoms with van der Waals surface area (Å²) in [5, 5.41) is 12.7. The molecule has 19 heavy (non-hydrogen) atoms. The third-order valence-electron chi connectivity index (χ3n) is 3.42. The Labute approximate surface area is 115 Å². The topological polar surface area (TPSA) is 67.2 Å². The summed E-state index contributed by atoms with van der Waals surface area (Å²) in [6, 6.07) is 0.138. The number of carbonyl (C=O) groups excluding carboxylic acids is 1. The van der Waals surface area contributed by atoms with Gasteiger partial charge in [0.05, 0.1) is 11.9 Å². The largest absolute Gasteiger partial charge is 0.388 e. The summed E-state index contributed by atoms with van der Waals surface area (Å²) in [5.41, 5.74) is -0.828. The second-order valence-corrected chi connectivity index (χ2v) is 5.28. The molecule has 1 aromatic heterocycles. The van der Waals surface area contributed by atoms with Crippen LogP contribution in [0.15, 0.2) is 18.7 Å². The Morgan fingerprint density at radius 3 is 2.79 bits per heavy atom. The average molecular weight is 267 g/mol. The Morgan fingerprint density at radius 1 is 1.53 bits per heavy atom. The van der Waals surface area contributed by atoms with Crippen LogP contribution in [0, 0.1) is 0 Å². The van der Waals surface area contributed by atoms with E-state index in [-0.39, 0.29) is 11.9 Å². The molecule has 1 rings (SSSR count). The number of aromatic nitrogens is 2. The standard InChI is InChI=1S/C14H25N3O2/c1-4-6-12(17-8-7-15-11-17)9-13(18)16-10-14(3,19)5-2/h7-8,11-12,19H,4-6,9-10H2,1-3H3,(H,16,18). The van der Waals surface area contributed by atoms with E-state index in [2.05, 4.69) is 17.2 Å². The maximum atomic E-state index is 11.9.